The molecule has 0 saturated heterocycles. The molecule has 0 fully saturated rings. The number of hydrogen-bond acceptors (Lipinski definition) is 4. The Hall–Kier alpha value is -4.37. The molecule has 3 aromatic carbocycles. The van der Waals surface area contributed by atoms with Gasteiger partial charge in [0.25, 0.3) is 11.8 Å². The third-order valence-corrected chi connectivity index (χ3v) is 4.52. The van der Waals surface area contributed by atoms with Crippen LogP contribution in [0.25, 0.3) is 6.08 Å². The largest absolute Gasteiger partial charge is 0.484 e. The number of ether oxygens (including phenoxy) is 1. The predicted octanol–water partition coefficient (Wildman–Crippen LogP) is 4.24. The molecule has 0 heterocycles. The lowest BCUT2D eigenvalue weighted by Crippen LogP contribution is -2.23. The van der Waals surface area contributed by atoms with Crippen LogP contribution in [0.4, 0.5) is 5.69 Å². The van der Waals surface area contributed by atoms with E-state index in [1.54, 1.807) is 24.3 Å². The molecule has 0 bridgehead atoms. The molecule has 32 heavy (non-hydrogen) atoms. The molecule has 0 saturated carbocycles. The van der Waals surface area contributed by atoms with Gasteiger partial charge in [0.1, 0.15) is 17.4 Å². The molecule has 0 unspecified atom stereocenters. The Kier molecular flexibility index (Phi) is 7.77. The number of carbonyl (C=O) groups excluding carboxylic acids is 2. The summed E-state index contributed by atoms with van der Waals surface area (Å²) in [6.45, 7) is 2.16. The molecule has 0 aliphatic carbocycles. The molecule has 0 atom stereocenters. The smallest absolute Gasteiger partial charge is 0.262 e. The maximum Gasteiger partial charge on any atom is 0.262 e. The van der Waals surface area contributed by atoms with Crippen molar-refractivity contribution in [3.8, 4) is 11.8 Å². The second-order valence-electron chi connectivity index (χ2n) is 7.11. The van der Waals surface area contributed by atoms with Gasteiger partial charge in [-0.05, 0) is 54.0 Å². The van der Waals surface area contributed by atoms with Crippen LogP contribution in [0, 0.1) is 18.3 Å². The van der Waals surface area contributed by atoms with Crippen LogP contribution in [0.3, 0.4) is 0 Å². The second-order valence-corrected chi connectivity index (χ2v) is 7.11. The first-order valence-corrected chi connectivity index (χ1v) is 10.1. The van der Waals surface area contributed by atoms with Gasteiger partial charge in [-0.25, -0.2) is 0 Å². The van der Waals surface area contributed by atoms with Crippen molar-refractivity contribution < 1.29 is 14.3 Å². The van der Waals surface area contributed by atoms with Gasteiger partial charge in [-0.2, -0.15) is 5.26 Å². The maximum atomic E-state index is 12.3. The third-order valence-electron chi connectivity index (χ3n) is 4.52. The van der Waals surface area contributed by atoms with E-state index in [9.17, 15) is 14.9 Å². The van der Waals surface area contributed by atoms with E-state index in [-0.39, 0.29) is 18.1 Å². The van der Waals surface area contributed by atoms with Gasteiger partial charge in [-0.15, -0.1) is 0 Å². The Labute approximate surface area is 187 Å². The van der Waals surface area contributed by atoms with Crippen LogP contribution in [0.5, 0.6) is 5.75 Å². The molecule has 6 heteroatoms. The number of amides is 2. The quantitative estimate of drug-likeness (QED) is 0.417. The molecule has 3 rings (SSSR count). The zero-order chi connectivity index (χ0) is 22.8. The van der Waals surface area contributed by atoms with Crippen LogP contribution in [-0.2, 0) is 16.1 Å². The Morgan fingerprint density at radius 1 is 1.00 bits per heavy atom. The van der Waals surface area contributed by atoms with Gasteiger partial charge in [-0.1, -0.05) is 54.6 Å². The highest BCUT2D eigenvalue weighted by molar-refractivity contribution is 6.01. The summed E-state index contributed by atoms with van der Waals surface area (Å²) < 4.78 is 5.51. The molecule has 6 nitrogen and oxygen atoms in total. The van der Waals surface area contributed by atoms with Crippen molar-refractivity contribution in [3.63, 3.8) is 0 Å². The van der Waals surface area contributed by atoms with E-state index in [1.807, 2.05) is 67.6 Å². The number of benzene rings is 3. The highest BCUT2D eigenvalue weighted by atomic mass is 16.5. The summed E-state index contributed by atoms with van der Waals surface area (Å²) >= 11 is 0. The lowest BCUT2D eigenvalue weighted by molar-refractivity contribution is -0.118. The van der Waals surface area contributed by atoms with Crippen molar-refractivity contribution in [2.24, 2.45) is 0 Å². The van der Waals surface area contributed by atoms with Crippen molar-refractivity contribution in [2.75, 3.05) is 11.9 Å². The van der Waals surface area contributed by atoms with Gasteiger partial charge >= 0.3 is 0 Å². The topological polar surface area (TPSA) is 91.2 Å². The standard InChI is InChI=1S/C26H23N3O3/c1-19-6-5-9-23(14-19)29-25(30)18-32-24-12-10-20(11-13-24)15-22(16-27)26(31)28-17-21-7-3-2-4-8-21/h2-15H,17-18H2,1H3,(H,28,31)(H,29,30)/b22-15+. The summed E-state index contributed by atoms with van der Waals surface area (Å²) in [5, 5.41) is 14.9. The monoisotopic (exact) mass is 425 g/mol. The van der Waals surface area contributed by atoms with Crippen molar-refractivity contribution in [3.05, 3.63) is 101 Å². The SMILES string of the molecule is Cc1cccc(NC(=O)COc2ccc(/C=C(\C#N)C(=O)NCc3ccccc3)cc2)c1. The highest BCUT2D eigenvalue weighted by Crippen LogP contribution is 2.15. The molecular formula is C26H23N3O3. The lowest BCUT2D eigenvalue weighted by atomic mass is 10.1. The summed E-state index contributed by atoms with van der Waals surface area (Å²) in [7, 11) is 0. The first-order valence-electron chi connectivity index (χ1n) is 10.1. The molecule has 0 radical (unpaired) electrons. The molecule has 2 amide bonds. The van der Waals surface area contributed by atoms with E-state index in [4.69, 9.17) is 4.74 Å². The summed E-state index contributed by atoms with van der Waals surface area (Å²) in [6.07, 6.45) is 1.51. The average Bonchev–Trinajstić information content (AvgIpc) is 2.81. The van der Waals surface area contributed by atoms with Crippen molar-refractivity contribution in [2.45, 2.75) is 13.5 Å². The zero-order valence-electron chi connectivity index (χ0n) is 17.7. The summed E-state index contributed by atoms with van der Waals surface area (Å²) in [4.78, 5) is 24.4. The Morgan fingerprint density at radius 3 is 2.44 bits per heavy atom. The van der Waals surface area contributed by atoms with Crippen LogP contribution >= 0.6 is 0 Å². The fourth-order valence-corrected chi connectivity index (χ4v) is 2.92. The van der Waals surface area contributed by atoms with Crippen LogP contribution in [0.2, 0.25) is 0 Å². The number of nitrogens with zero attached hydrogens (tertiary/aromatic N) is 1. The van der Waals surface area contributed by atoms with E-state index in [0.717, 1.165) is 11.1 Å². The van der Waals surface area contributed by atoms with E-state index in [2.05, 4.69) is 10.6 Å². The number of aryl methyl sites for hydroxylation is 1. The van der Waals surface area contributed by atoms with Crippen molar-refractivity contribution in [1.82, 2.24) is 5.32 Å². The number of anilines is 1. The van der Waals surface area contributed by atoms with E-state index < -0.39 is 5.91 Å². The number of nitrogens with one attached hydrogen (secondary N) is 2. The second kappa shape index (κ2) is 11.1. The zero-order valence-corrected chi connectivity index (χ0v) is 17.7. The van der Waals surface area contributed by atoms with Gasteiger partial charge < -0.3 is 15.4 Å². The Balaban J connectivity index is 1.53. The Morgan fingerprint density at radius 2 is 1.75 bits per heavy atom. The predicted molar refractivity (Wildman–Crippen MR) is 124 cm³/mol. The number of rotatable bonds is 8. The van der Waals surface area contributed by atoms with Crippen LogP contribution in [-0.4, -0.2) is 18.4 Å². The Bertz CT molecular complexity index is 1150. The molecule has 0 aliphatic rings. The minimum absolute atomic E-state index is 0.00660. The first-order chi connectivity index (χ1) is 15.5. The van der Waals surface area contributed by atoms with Crippen molar-refractivity contribution >= 4 is 23.6 Å². The molecule has 2 N–H and O–H groups in total. The summed E-state index contributed by atoms with van der Waals surface area (Å²) in [5.41, 5.74) is 3.40. The summed E-state index contributed by atoms with van der Waals surface area (Å²) in [6, 6.07) is 25.7. The molecule has 0 spiro atoms. The molecule has 0 aromatic heterocycles. The van der Waals surface area contributed by atoms with Crippen molar-refractivity contribution in [1.29, 1.82) is 5.26 Å². The molecule has 3 aromatic rings. The number of hydrogen-bond donors (Lipinski definition) is 2. The van der Waals surface area contributed by atoms with Crippen LogP contribution < -0.4 is 15.4 Å². The minimum atomic E-state index is -0.440. The van der Waals surface area contributed by atoms with Gasteiger partial charge in [-0.3, -0.25) is 9.59 Å². The lowest BCUT2D eigenvalue weighted by Gasteiger charge is -2.08. The molecule has 0 aliphatic heterocycles. The third kappa shape index (κ3) is 6.85. The molecular weight excluding hydrogens is 402 g/mol. The normalized spacial score (nSPS) is 10.7. The van der Waals surface area contributed by atoms with Gasteiger partial charge in [0, 0.05) is 12.2 Å². The average molecular weight is 425 g/mol. The first kappa shape index (κ1) is 22.3. The van der Waals surface area contributed by atoms with E-state index in [1.165, 1.54) is 6.08 Å². The number of nitriles is 1. The van der Waals surface area contributed by atoms with E-state index in [0.29, 0.717) is 23.5 Å². The minimum Gasteiger partial charge on any atom is -0.484 e. The summed E-state index contributed by atoms with van der Waals surface area (Å²) in [5.74, 6) is -0.195. The van der Waals surface area contributed by atoms with Gasteiger partial charge in [0.2, 0.25) is 0 Å². The number of carbonyl (C=O) groups is 2. The van der Waals surface area contributed by atoms with Crippen LogP contribution in [0.1, 0.15) is 16.7 Å². The van der Waals surface area contributed by atoms with Gasteiger partial charge in [0.15, 0.2) is 6.61 Å². The molecule has 160 valence electrons. The fourth-order valence-electron chi connectivity index (χ4n) is 2.92. The highest BCUT2D eigenvalue weighted by Gasteiger charge is 2.09. The van der Waals surface area contributed by atoms with Crippen LogP contribution in [0.15, 0.2) is 84.4 Å². The van der Waals surface area contributed by atoms with Gasteiger partial charge in [0.05, 0.1) is 0 Å². The fraction of sp³-hybridized carbons (Fsp3) is 0.115. The maximum absolute atomic E-state index is 12.3. The van der Waals surface area contributed by atoms with E-state index >= 15 is 0 Å².